The standard InChI is InChI=1S/C14H23N3.HI/c1-3-10-16-13(15-2)17-11-9-14(12-17)7-5-4-6-8-14;/h1H,4-12H2,2H3,(H,15,16);1H. The van der Waals surface area contributed by atoms with Gasteiger partial charge in [0.15, 0.2) is 5.96 Å². The van der Waals surface area contributed by atoms with Crippen molar-refractivity contribution in [3.63, 3.8) is 0 Å². The normalized spacial score (nSPS) is 22.4. The Morgan fingerprint density at radius 2 is 2.06 bits per heavy atom. The fourth-order valence-electron chi connectivity index (χ4n) is 3.29. The van der Waals surface area contributed by atoms with Crippen LogP contribution in [0.5, 0.6) is 0 Å². The van der Waals surface area contributed by atoms with Crippen molar-refractivity contribution in [2.24, 2.45) is 10.4 Å². The molecule has 4 heteroatoms. The molecule has 102 valence electrons. The highest BCUT2D eigenvalue weighted by atomic mass is 127. The second-order valence-corrected chi connectivity index (χ2v) is 5.34. The molecule has 2 fully saturated rings. The fraction of sp³-hybridized carbons (Fsp3) is 0.786. The molecule has 1 saturated heterocycles. The maximum Gasteiger partial charge on any atom is 0.194 e. The predicted molar refractivity (Wildman–Crippen MR) is 87.3 cm³/mol. The van der Waals surface area contributed by atoms with Crippen LogP contribution in [0.25, 0.3) is 0 Å². The number of nitrogens with zero attached hydrogens (tertiary/aromatic N) is 2. The summed E-state index contributed by atoms with van der Waals surface area (Å²) in [5.74, 6) is 3.59. The van der Waals surface area contributed by atoms with E-state index in [4.69, 9.17) is 6.42 Å². The summed E-state index contributed by atoms with van der Waals surface area (Å²) in [6.07, 6.45) is 13.6. The molecule has 3 nitrogen and oxygen atoms in total. The first-order valence-electron chi connectivity index (χ1n) is 6.69. The summed E-state index contributed by atoms with van der Waals surface area (Å²) in [6.45, 7) is 2.86. The lowest BCUT2D eigenvalue weighted by Gasteiger charge is -2.33. The van der Waals surface area contributed by atoms with E-state index in [2.05, 4.69) is 21.1 Å². The zero-order valence-corrected chi connectivity index (χ0v) is 13.6. The maximum absolute atomic E-state index is 5.28. The van der Waals surface area contributed by atoms with Gasteiger partial charge < -0.3 is 10.2 Å². The average molecular weight is 361 g/mol. The first-order chi connectivity index (χ1) is 8.29. The lowest BCUT2D eigenvalue weighted by atomic mass is 9.73. The Labute approximate surface area is 128 Å². The van der Waals surface area contributed by atoms with Crippen LogP contribution in [0.3, 0.4) is 0 Å². The van der Waals surface area contributed by atoms with Crippen molar-refractivity contribution in [2.45, 2.75) is 38.5 Å². The van der Waals surface area contributed by atoms with Gasteiger partial charge in [0.1, 0.15) is 0 Å². The highest BCUT2D eigenvalue weighted by Crippen LogP contribution is 2.43. The second-order valence-electron chi connectivity index (χ2n) is 5.34. The molecule has 0 amide bonds. The van der Waals surface area contributed by atoms with E-state index in [1.54, 1.807) is 0 Å². The fourth-order valence-corrected chi connectivity index (χ4v) is 3.29. The van der Waals surface area contributed by atoms with Crippen molar-refractivity contribution < 1.29 is 0 Å². The number of guanidine groups is 1. The Morgan fingerprint density at radius 3 is 2.67 bits per heavy atom. The molecule has 0 unspecified atom stereocenters. The van der Waals surface area contributed by atoms with Crippen LogP contribution in [0, 0.1) is 17.8 Å². The van der Waals surface area contributed by atoms with Crippen molar-refractivity contribution in [1.29, 1.82) is 0 Å². The van der Waals surface area contributed by atoms with Gasteiger partial charge in [-0.15, -0.1) is 30.4 Å². The SMILES string of the molecule is C#CCNC(=NC)N1CCC2(CCCCC2)C1.I. The number of hydrogen-bond donors (Lipinski definition) is 1. The molecule has 0 aromatic heterocycles. The van der Waals surface area contributed by atoms with Crippen LogP contribution in [-0.2, 0) is 0 Å². The molecule has 2 rings (SSSR count). The monoisotopic (exact) mass is 361 g/mol. The molecule has 1 heterocycles. The van der Waals surface area contributed by atoms with Gasteiger partial charge in [-0.05, 0) is 24.7 Å². The zero-order chi connectivity index (χ0) is 12.1. The number of terminal acetylenes is 1. The Morgan fingerprint density at radius 1 is 1.33 bits per heavy atom. The zero-order valence-electron chi connectivity index (χ0n) is 11.2. The van der Waals surface area contributed by atoms with Crippen molar-refractivity contribution in [1.82, 2.24) is 10.2 Å². The summed E-state index contributed by atoms with van der Waals surface area (Å²) in [7, 11) is 1.84. The van der Waals surface area contributed by atoms with Crippen LogP contribution < -0.4 is 5.32 Å². The molecule has 18 heavy (non-hydrogen) atoms. The third-order valence-electron chi connectivity index (χ3n) is 4.21. The summed E-state index contributed by atoms with van der Waals surface area (Å²) < 4.78 is 0. The molecular formula is C14H24IN3. The predicted octanol–water partition coefficient (Wildman–Crippen LogP) is 2.47. The molecule has 0 radical (unpaired) electrons. The average Bonchev–Trinajstić information content (AvgIpc) is 2.75. The number of aliphatic imine (C=N–C) groups is 1. The minimum absolute atomic E-state index is 0. The highest BCUT2D eigenvalue weighted by Gasteiger charge is 2.39. The summed E-state index contributed by atoms with van der Waals surface area (Å²) in [5, 5.41) is 3.22. The van der Waals surface area contributed by atoms with Gasteiger partial charge >= 0.3 is 0 Å². The molecule has 1 saturated carbocycles. The van der Waals surface area contributed by atoms with Crippen LogP contribution in [-0.4, -0.2) is 37.5 Å². The molecule has 1 N–H and O–H groups in total. The Balaban J connectivity index is 0.00000162. The van der Waals surface area contributed by atoms with E-state index in [1.165, 1.54) is 38.5 Å². The number of rotatable bonds is 1. The van der Waals surface area contributed by atoms with Gasteiger partial charge in [0, 0.05) is 20.1 Å². The molecule has 1 aliphatic heterocycles. The third kappa shape index (κ3) is 3.53. The molecule has 0 aromatic rings. The Kier molecular flexibility index (Phi) is 6.27. The minimum Gasteiger partial charge on any atom is -0.345 e. The van der Waals surface area contributed by atoms with Crippen LogP contribution in [0.1, 0.15) is 38.5 Å². The Bertz CT molecular complexity index is 326. The molecule has 1 spiro atoms. The third-order valence-corrected chi connectivity index (χ3v) is 4.21. The van der Waals surface area contributed by atoms with Crippen LogP contribution in [0.4, 0.5) is 0 Å². The van der Waals surface area contributed by atoms with Crippen molar-refractivity contribution in [2.75, 3.05) is 26.7 Å². The largest absolute Gasteiger partial charge is 0.345 e. The number of hydrogen-bond acceptors (Lipinski definition) is 1. The summed E-state index contributed by atoms with van der Waals surface area (Å²) in [5.41, 5.74) is 0.575. The minimum atomic E-state index is 0. The molecule has 0 aromatic carbocycles. The van der Waals surface area contributed by atoms with Gasteiger partial charge in [-0.3, -0.25) is 4.99 Å². The second kappa shape index (κ2) is 7.22. The van der Waals surface area contributed by atoms with E-state index in [9.17, 15) is 0 Å². The number of likely N-dealkylation sites (tertiary alicyclic amines) is 1. The quantitative estimate of drug-likeness (QED) is 0.336. The molecule has 0 bridgehead atoms. The summed E-state index contributed by atoms with van der Waals surface area (Å²) >= 11 is 0. The first kappa shape index (κ1) is 15.6. The highest BCUT2D eigenvalue weighted by molar-refractivity contribution is 14.0. The maximum atomic E-state index is 5.28. The van der Waals surface area contributed by atoms with E-state index in [0.29, 0.717) is 12.0 Å². The smallest absolute Gasteiger partial charge is 0.194 e. The van der Waals surface area contributed by atoms with Gasteiger partial charge in [-0.2, -0.15) is 0 Å². The van der Waals surface area contributed by atoms with E-state index in [1.807, 2.05) is 7.05 Å². The molecular weight excluding hydrogens is 337 g/mol. The van der Waals surface area contributed by atoms with Crippen molar-refractivity contribution in [3.8, 4) is 12.3 Å². The number of halogens is 1. The molecule has 1 aliphatic carbocycles. The van der Waals surface area contributed by atoms with Gasteiger partial charge in [0.2, 0.25) is 0 Å². The lowest BCUT2D eigenvalue weighted by Crippen LogP contribution is -2.41. The lowest BCUT2D eigenvalue weighted by molar-refractivity contribution is 0.203. The van der Waals surface area contributed by atoms with Gasteiger partial charge in [0.25, 0.3) is 0 Å². The summed E-state index contributed by atoms with van der Waals surface area (Å²) in [4.78, 5) is 6.70. The van der Waals surface area contributed by atoms with Gasteiger partial charge in [-0.25, -0.2) is 0 Å². The van der Waals surface area contributed by atoms with E-state index < -0.39 is 0 Å². The van der Waals surface area contributed by atoms with Gasteiger partial charge in [0.05, 0.1) is 6.54 Å². The molecule has 0 atom stereocenters. The van der Waals surface area contributed by atoms with Crippen molar-refractivity contribution >= 4 is 29.9 Å². The van der Waals surface area contributed by atoms with Crippen molar-refractivity contribution in [3.05, 3.63) is 0 Å². The van der Waals surface area contributed by atoms with Crippen LogP contribution >= 0.6 is 24.0 Å². The first-order valence-corrected chi connectivity index (χ1v) is 6.69. The van der Waals surface area contributed by atoms with Crippen LogP contribution in [0.2, 0.25) is 0 Å². The van der Waals surface area contributed by atoms with Gasteiger partial charge in [-0.1, -0.05) is 25.2 Å². The topological polar surface area (TPSA) is 27.6 Å². The summed E-state index contributed by atoms with van der Waals surface area (Å²) in [6, 6.07) is 0. The Hall–Kier alpha value is -0.440. The van der Waals surface area contributed by atoms with E-state index in [0.717, 1.165) is 19.0 Å². The molecule has 2 aliphatic rings. The van der Waals surface area contributed by atoms with Crippen LogP contribution in [0.15, 0.2) is 4.99 Å². The number of nitrogens with one attached hydrogen (secondary N) is 1. The van der Waals surface area contributed by atoms with E-state index >= 15 is 0 Å². The van der Waals surface area contributed by atoms with E-state index in [-0.39, 0.29) is 24.0 Å².